The maximum atomic E-state index is 11.6. The highest BCUT2D eigenvalue weighted by atomic mass is 32.1. The minimum atomic E-state index is -0.202. The maximum Gasteiger partial charge on any atom is 0.275 e. The topological polar surface area (TPSA) is 59.8 Å². The summed E-state index contributed by atoms with van der Waals surface area (Å²) in [4.78, 5) is 15.5. The summed E-state index contributed by atoms with van der Waals surface area (Å²) >= 11 is 1.40. The second kappa shape index (κ2) is 4.22. The van der Waals surface area contributed by atoms with Gasteiger partial charge in [-0.05, 0) is 6.92 Å². The Hall–Kier alpha value is -1.69. The smallest absolute Gasteiger partial charge is 0.275 e. The lowest BCUT2D eigenvalue weighted by atomic mass is 10.4. The molecule has 0 aliphatic rings. The fraction of sp³-hybridized carbons (Fsp3) is 0.222. The molecule has 0 saturated heterocycles. The summed E-state index contributed by atoms with van der Waals surface area (Å²) in [5, 5.41) is 8.48. The van der Waals surface area contributed by atoms with Crippen LogP contribution in [0.3, 0.4) is 0 Å². The number of aromatic nitrogens is 3. The van der Waals surface area contributed by atoms with Crippen molar-refractivity contribution in [1.82, 2.24) is 14.8 Å². The van der Waals surface area contributed by atoms with Crippen molar-refractivity contribution < 1.29 is 4.79 Å². The van der Waals surface area contributed by atoms with E-state index in [1.54, 1.807) is 28.0 Å². The van der Waals surface area contributed by atoms with Gasteiger partial charge in [0.2, 0.25) is 0 Å². The molecule has 2 rings (SSSR count). The minimum absolute atomic E-state index is 0.202. The molecule has 0 spiro atoms. The Morgan fingerprint density at radius 2 is 2.53 bits per heavy atom. The predicted molar refractivity (Wildman–Crippen MR) is 58.0 cm³/mol. The first-order chi connectivity index (χ1) is 7.29. The SMILES string of the molecule is CCn1cc(NC(=O)c2cscn2)cn1. The number of carbonyl (C=O) groups excluding carboxylic acids is 1. The highest BCUT2D eigenvalue weighted by Crippen LogP contribution is 2.08. The number of amides is 1. The second-order valence-electron chi connectivity index (χ2n) is 2.91. The summed E-state index contributed by atoms with van der Waals surface area (Å²) in [5.74, 6) is -0.202. The summed E-state index contributed by atoms with van der Waals surface area (Å²) in [6.07, 6.45) is 3.40. The summed E-state index contributed by atoms with van der Waals surface area (Å²) in [7, 11) is 0. The summed E-state index contributed by atoms with van der Waals surface area (Å²) < 4.78 is 1.75. The van der Waals surface area contributed by atoms with Crippen molar-refractivity contribution in [2.45, 2.75) is 13.5 Å². The van der Waals surface area contributed by atoms with Gasteiger partial charge in [-0.1, -0.05) is 0 Å². The first kappa shape index (κ1) is 9.85. The number of thiazole rings is 1. The fourth-order valence-corrected chi connectivity index (χ4v) is 1.65. The van der Waals surface area contributed by atoms with E-state index in [4.69, 9.17) is 0 Å². The van der Waals surface area contributed by atoms with Crippen molar-refractivity contribution >= 4 is 22.9 Å². The van der Waals surface area contributed by atoms with Gasteiger partial charge in [0, 0.05) is 18.1 Å². The van der Waals surface area contributed by atoms with Crippen LogP contribution < -0.4 is 5.32 Å². The van der Waals surface area contributed by atoms with Gasteiger partial charge in [-0.2, -0.15) is 5.10 Å². The first-order valence-corrected chi connectivity index (χ1v) is 5.46. The molecule has 5 nitrogen and oxygen atoms in total. The van der Waals surface area contributed by atoms with Gasteiger partial charge in [0.1, 0.15) is 5.69 Å². The molecular weight excluding hydrogens is 212 g/mol. The Kier molecular flexibility index (Phi) is 2.77. The molecule has 0 aromatic carbocycles. The van der Waals surface area contributed by atoms with Crippen LogP contribution in [0, 0.1) is 0 Å². The molecule has 6 heteroatoms. The van der Waals surface area contributed by atoms with Crippen LogP contribution in [-0.4, -0.2) is 20.7 Å². The lowest BCUT2D eigenvalue weighted by molar-refractivity contribution is 0.102. The van der Waals surface area contributed by atoms with Crippen LogP contribution in [0.4, 0.5) is 5.69 Å². The molecule has 0 saturated carbocycles. The molecule has 2 heterocycles. The van der Waals surface area contributed by atoms with E-state index in [9.17, 15) is 4.79 Å². The van der Waals surface area contributed by atoms with Gasteiger partial charge in [-0.3, -0.25) is 9.48 Å². The van der Waals surface area contributed by atoms with Gasteiger partial charge in [-0.15, -0.1) is 11.3 Å². The van der Waals surface area contributed by atoms with Gasteiger partial charge in [-0.25, -0.2) is 4.98 Å². The third-order valence-corrected chi connectivity index (χ3v) is 2.47. The van der Waals surface area contributed by atoms with Gasteiger partial charge in [0.15, 0.2) is 0 Å². The Morgan fingerprint density at radius 3 is 3.13 bits per heavy atom. The normalized spacial score (nSPS) is 10.2. The molecule has 0 radical (unpaired) electrons. The van der Waals surface area contributed by atoms with E-state index in [0.29, 0.717) is 11.4 Å². The zero-order chi connectivity index (χ0) is 10.7. The number of hydrogen-bond acceptors (Lipinski definition) is 4. The van der Waals surface area contributed by atoms with Crippen LogP contribution in [0.15, 0.2) is 23.3 Å². The largest absolute Gasteiger partial charge is 0.318 e. The average molecular weight is 222 g/mol. The Labute approximate surface area is 90.8 Å². The van der Waals surface area contributed by atoms with Crippen LogP contribution in [0.25, 0.3) is 0 Å². The Morgan fingerprint density at radius 1 is 1.67 bits per heavy atom. The molecule has 0 atom stereocenters. The zero-order valence-electron chi connectivity index (χ0n) is 8.17. The molecule has 1 amide bonds. The number of aryl methyl sites for hydroxylation is 1. The molecule has 0 bridgehead atoms. The second-order valence-corrected chi connectivity index (χ2v) is 3.63. The molecule has 0 fully saturated rings. The number of anilines is 1. The van der Waals surface area contributed by atoms with Gasteiger partial charge < -0.3 is 5.32 Å². The molecule has 0 aliphatic carbocycles. The molecule has 15 heavy (non-hydrogen) atoms. The van der Waals surface area contributed by atoms with Gasteiger partial charge in [0.25, 0.3) is 5.91 Å². The van der Waals surface area contributed by atoms with E-state index in [1.165, 1.54) is 11.3 Å². The zero-order valence-corrected chi connectivity index (χ0v) is 8.99. The van der Waals surface area contributed by atoms with Crippen molar-refractivity contribution in [2.75, 3.05) is 5.32 Å². The van der Waals surface area contributed by atoms with Crippen LogP contribution in [-0.2, 0) is 6.54 Å². The lowest BCUT2D eigenvalue weighted by Crippen LogP contribution is -2.11. The molecular formula is C9H10N4OS. The van der Waals surface area contributed by atoms with Crippen molar-refractivity contribution in [3.63, 3.8) is 0 Å². The monoisotopic (exact) mass is 222 g/mol. The van der Waals surface area contributed by atoms with Crippen molar-refractivity contribution in [3.05, 3.63) is 29.0 Å². The summed E-state index contributed by atoms with van der Waals surface area (Å²) in [6, 6.07) is 0. The number of nitrogens with zero attached hydrogens (tertiary/aromatic N) is 3. The van der Waals surface area contributed by atoms with Crippen LogP contribution in [0.5, 0.6) is 0 Å². The van der Waals surface area contributed by atoms with E-state index < -0.39 is 0 Å². The van der Waals surface area contributed by atoms with E-state index in [-0.39, 0.29) is 5.91 Å². The van der Waals surface area contributed by atoms with Crippen molar-refractivity contribution in [1.29, 1.82) is 0 Å². The van der Waals surface area contributed by atoms with E-state index >= 15 is 0 Å². The summed E-state index contributed by atoms with van der Waals surface area (Å²) in [5.41, 5.74) is 2.75. The average Bonchev–Trinajstić information content (AvgIpc) is 2.87. The van der Waals surface area contributed by atoms with Crippen LogP contribution >= 0.6 is 11.3 Å². The minimum Gasteiger partial charge on any atom is -0.318 e. The van der Waals surface area contributed by atoms with E-state index in [0.717, 1.165) is 6.54 Å². The predicted octanol–water partition coefficient (Wildman–Crippen LogP) is 1.61. The molecule has 0 aliphatic heterocycles. The van der Waals surface area contributed by atoms with Gasteiger partial charge >= 0.3 is 0 Å². The van der Waals surface area contributed by atoms with Gasteiger partial charge in [0.05, 0.1) is 17.4 Å². The third kappa shape index (κ3) is 2.21. The fourth-order valence-electron chi connectivity index (χ4n) is 1.12. The number of nitrogens with one attached hydrogen (secondary N) is 1. The maximum absolute atomic E-state index is 11.6. The number of carbonyl (C=O) groups is 1. The molecule has 0 unspecified atom stereocenters. The molecule has 2 aromatic rings. The summed E-state index contributed by atoms with van der Waals surface area (Å²) in [6.45, 7) is 2.77. The van der Waals surface area contributed by atoms with E-state index in [1.807, 2.05) is 6.92 Å². The van der Waals surface area contributed by atoms with Crippen LogP contribution in [0.1, 0.15) is 17.4 Å². The number of rotatable bonds is 3. The molecule has 78 valence electrons. The highest BCUT2D eigenvalue weighted by molar-refractivity contribution is 7.07. The third-order valence-electron chi connectivity index (χ3n) is 1.88. The van der Waals surface area contributed by atoms with Crippen molar-refractivity contribution in [2.24, 2.45) is 0 Å². The van der Waals surface area contributed by atoms with Crippen LogP contribution in [0.2, 0.25) is 0 Å². The standard InChI is InChI=1S/C9H10N4OS/c1-2-13-4-7(3-11-13)12-9(14)8-5-15-6-10-8/h3-6H,2H2,1H3,(H,12,14). The van der Waals surface area contributed by atoms with Crippen molar-refractivity contribution in [3.8, 4) is 0 Å². The highest BCUT2D eigenvalue weighted by Gasteiger charge is 2.08. The quantitative estimate of drug-likeness (QED) is 0.858. The molecule has 1 N–H and O–H groups in total. The number of hydrogen-bond donors (Lipinski definition) is 1. The lowest BCUT2D eigenvalue weighted by Gasteiger charge is -1.97. The first-order valence-electron chi connectivity index (χ1n) is 4.51. The Balaban J connectivity index is 2.06. The molecule has 2 aromatic heterocycles. The Bertz CT molecular complexity index is 448. The van der Waals surface area contributed by atoms with E-state index in [2.05, 4.69) is 15.4 Å².